The molecular formula is C26H15F9O2S2. The molecule has 206 valence electrons. The zero-order valence-electron chi connectivity index (χ0n) is 19.2. The third kappa shape index (κ3) is 6.25. The van der Waals surface area contributed by atoms with Crippen LogP contribution in [0.25, 0.3) is 0 Å². The average Bonchev–Trinajstić information content (AvgIpc) is 3.30. The number of carbonyl (C=O) groups excluding carboxylic acids is 1. The van der Waals surface area contributed by atoms with Crippen LogP contribution < -0.4 is 4.74 Å². The van der Waals surface area contributed by atoms with Gasteiger partial charge in [-0.3, -0.25) is 0 Å². The van der Waals surface area contributed by atoms with Gasteiger partial charge in [0.1, 0.15) is 15.5 Å². The maximum atomic E-state index is 13.5. The van der Waals surface area contributed by atoms with Crippen molar-refractivity contribution in [3.05, 3.63) is 106 Å². The molecule has 2 nitrogen and oxygen atoms in total. The van der Waals surface area contributed by atoms with Crippen LogP contribution in [-0.4, -0.2) is 5.97 Å². The van der Waals surface area contributed by atoms with Gasteiger partial charge in [-0.2, -0.15) is 50.4 Å². The Balaban J connectivity index is 1.71. The number of benzene rings is 3. The van der Waals surface area contributed by atoms with Crippen molar-refractivity contribution in [3.63, 3.8) is 0 Å². The number of hydrogen-bond donors (Lipinski definition) is 1. The standard InChI is InChI=1S/C26H15F9O2S2/c27-24(28,29)19-20(25(30,31)32)22(26(33,34)35)38-21(19)23(36)37-15-11-13-18(14-12-15)39(16-7-3-1-4-8-16)17-9-5-2-6-10-17/h1-14,39H. The first kappa shape index (κ1) is 28.6. The Hall–Kier alpha value is -3.45. The fraction of sp³-hybridized carbons (Fsp3) is 0.115. The van der Waals surface area contributed by atoms with E-state index in [1.807, 2.05) is 60.7 Å². The average molecular weight is 595 g/mol. The van der Waals surface area contributed by atoms with Gasteiger partial charge in [-0.15, -0.1) is 11.3 Å². The van der Waals surface area contributed by atoms with Crippen LogP contribution in [0, 0.1) is 0 Å². The van der Waals surface area contributed by atoms with Crippen molar-refractivity contribution in [2.75, 3.05) is 0 Å². The summed E-state index contributed by atoms with van der Waals surface area (Å²) in [5, 5.41) is 0. The molecule has 1 heterocycles. The molecule has 0 aliphatic heterocycles. The van der Waals surface area contributed by atoms with Crippen molar-refractivity contribution in [1.82, 2.24) is 0 Å². The monoisotopic (exact) mass is 594 g/mol. The summed E-state index contributed by atoms with van der Waals surface area (Å²) < 4.78 is 125. The number of halogens is 9. The Morgan fingerprint density at radius 2 is 1.03 bits per heavy atom. The van der Waals surface area contributed by atoms with Crippen LogP contribution >= 0.6 is 22.2 Å². The molecule has 3 aromatic carbocycles. The molecule has 0 bridgehead atoms. The van der Waals surface area contributed by atoms with Crippen LogP contribution in [0.5, 0.6) is 5.75 Å². The summed E-state index contributed by atoms with van der Waals surface area (Å²) >= 11 is -0.960. The molecule has 13 heteroatoms. The Morgan fingerprint density at radius 1 is 0.590 bits per heavy atom. The number of rotatable bonds is 5. The van der Waals surface area contributed by atoms with E-state index in [1.54, 1.807) is 0 Å². The topological polar surface area (TPSA) is 26.3 Å². The minimum atomic E-state index is -6.03. The highest BCUT2D eigenvalue weighted by molar-refractivity contribution is 8.17. The fourth-order valence-corrected chi connectivity index (χ4v) is 7.10. The molecule has 0 radical (unpaired) electrons. The van der Waals surface area contributed by atoms with Crippen molar-refractivity contribution < 1.29 is 49.0 Å². The van der Waals surface area contributed by atoms with Crippen molar-refractivity contribution >= 4 is 28.2 Å². The molecule has 0 fully saturated rings. The predicted octanol–water partition coefficient (Wildman–Crippen LogP) is 9.50. The van der Waals surface area contributed by atoms with Gasteiger partial charge in [0.15, 0.2) is 0 Å². The second-order valence-corrected chi connectivity index (χ2v) is 11.1. The summed E-state index contributed by atoms with van der Waals surface area (Å²) in [5.41, 5.74) is -5.70. The van der Waals surface area contributed by atoms with E-state index in [4.69, 9.17) is 4.74 Å². The molecular weight excluding hydrogens is 579 g/mol. The minimum Gasteiger partial charge on any atom is -0.422 e. The predicted molar refractivity (Wildman–Crippen MR) is 127 cm³/mol. The normalized spacial score (nSPS) is 12.8. The summed E-state index contributed by atoms with van der Waals surface area (Å²) in [4.78, 5) is 10.7. The van der Waals surface area contributed by atoms with Gasteiger partial charge in [-0.05, 0) is 63.2 Å². The number of carbonyl (C=O) groups is 1. The summed E-state index contributed by atoms with van der Waals surface area (Å²) in [6, 6.07) is 24.1. The fourth-order valence-electron chi connectivity index (χ4n) is 3.73. The molecule has 39 heavy (non-hydrogen) atoms. The molecule has 0 saturated heterocycles. The van der Waals surface area contributed by atoms with Gasteiger partial charge >= 0.3 is 24.5 Å². The smallest absolute Gasteiger partial charge is 0.422 e. The third-order valence-corrected chi connectivity index (χ3v) is 8.91. The molecule has 0 aliphatic rings. The zero-order valence-corrected chi connectivity index (χ0v) is 20.9. The first-order chi connectivity index (χ1) is 18.2. The van der Waals surface area contributed by atoms with E-state index in [0.717, 1.165) is 14.7 Å². The lowest BCUT2D eigenvalue weighted by Crippen LogP contribution is -2.21. The largest absolute Gasteiger partial charge is 0.426 e. The molecule has 0 amide bonds. The van der Waals surface area contributed by atoms with E-state index in [2.05, 4.69) is 0 Å². The minimum absolute atomic E-state index is 0.358. The molecule has 1 aromatic heterocycles. The summed E-state index contributed by atoms with van der Waals surface area (Å²) in [7, 11) is -1.11. The first-order valence-corrected chi connectivity index (χ1v) is 12.9. The van der Waals surface area contributed by atoms with E-state index in [-0.39, 0.29) is 5.75 Å². The highest BCUT2D eigenvalue weighted by Gasteiger charge is 2.55. The van der Waals surface area contributed by atoms with E-state index >= 15 is 0 Å². The second kappa shape index (κ2) is 10.6. The lowest BCUT2D eigenvalue weighted by atomic mass is 10.1. The number of alkyl halides is 9. The van der Waals surface area contributed by atoms with E-state index in [1.165, 1.54) is 24.3 Å². The molecule has 0 N–H and O–H groups in total. The van der Waals surface area contributed by atoms with Gasteiger partial charge in [0, 0.05) is 0 Å². The molecule has 0 aliphatic carbocycles. The molecule has 0 atom stereocenters. The Kier molecular flexibility index (Phi) is 7.77. The molecule has 0 saturated carbocycles. The van der Waals surface area contributed by atoms with Crippen LogP contribution in [0.1, 0.15) is 25.7 Å². The van der Waals surface area contributed by atoms with Gasteiger partial charge < -0.3 is 4.74 Å². The van der Waals surface area contributed by atoms with Gasteiger partial charge in [-0.25, -0.2) is 4.79 Å². The Bertz CT molecular complexity index is 1400. The lowest BCUT2D eigenvalue weighted by molar-refractivity contribution is -0.172. The molecule has 0 spiro atoms. The van der Waals surface area contributed by atoms with Crippen LogP contribution in [0.15, 0.2) is 99.6 Å². The van der Waals surface area contributed by atoms with E-state index in [9.17, 15) is 44.3 Å². The van der Waals surface area contributed by atoms with Gasteiger partial charge in [0.05, 0.1) is 11.1 Å². The zero-order chi connectivity index (χ0) is 28.6. The highest BCUT2D eigenvalue weighted by atomic mass is 32.2. The van der Waals surface area contributed by atoms with Gasteiger partial charge in [0.2, 0.25) is 0 Å². The number of hydrogen-bond acceptors (Lipinski definition) is 3. The van der Waals surface area contributed by atoms with Crippen molar-refractivity contribution in [1.29, 1.82) is 0 Å². The summed E-state index contributed by atoms with van der Waals surface area (Å²) in [5.74, 6) is -2.35. The quantitative estimate of drug-likeness (QED) is 0.108. The second-order valence-electron chi connectivity index (χ2n) is 7.89. The van der Waals surface area contributed by atoms with Crippen LogP contribution in [0.4, 0.5) is 39.5 Å². The van der Waals surface area contributed by atoms with Crippen LogP contribution in [-0.2, 0) is 18.5 Å². The van der Waals surface area contributed by atoms with Crippen molar-refractivity contribution in [3.8, 4) is 5.75 Å². The van der Waals surface area contributed by atoms with Crippen LogP contribution in [0.2, 0.25) is 0 Å². The summed E-state index contributed by atoms with van der Waals surface area (Å²) in [6.07, 6.45) is -17.7. The number of thiophene rings is 1. The third-order valence-electron chi connectivity index (χ3n) is 5.25. The SMILES string of the molecule is O=C(Oc1ccc([SH](c2ccccc2)c2ccccc2)cc1)c1sc(C(F)(F)F)c(C(F)(F)F)c1C(F)(F)F. The van der Waals surface area contributed by atoms with E-state index < -0.39 is 67.6 Å². The molecule has 4 aromatic rings. The molecule has 4 rings (SSSR count). The molecule has 0 unspecified atom stereocenters. The Morgan fingerprint density at radius 3 is 1.44 bits per heavy atom. The maximum absolute atomic E-state index is 13.5. The highest BCUT2D eigenvalue weighted by Crippen LogP contribution is 2.53. The van der Waals surface area contributed by atoms with E-state index in [0.29, 0.717) is 0 Å². The first-order valence-electron chi connectivity index (χ1n) is 10.8. The van der Waals surface area contributed by atoms with Gasteiger partial charge in [0.25, 0.3) is 0 Å². The lowest BCUT2D eigenvalue weighted by Gasteiger charge is -2.23. The van der Waals surface area contributed by atoms with Crippen molar-refractivity contribution in [2.45, 2.75) is 33.2 Å². The summed E-state index contributed by atoms with van der Waals surface area (Å²) in [6.45, 7) is 0. The maximum Gasteiger partial charge on any atom is 0.426 e. The number of ether oxygens (including phenoxy) is 1. The number of esters is 1. The Labute approximate surface area is 222 Å². The van der Waals surface area contributed by atoms with Crippen LogP contribution in [0.3, 0.4) is 0 Å². The number of thiol groups is 1. The van der Waals surface area contributed by atoms with Crippen molar-refractivity contribution in [2.24, 2.45) is 0 Å². The van der Waals surface area contributed by atoms with Gasteiger partial charge in [-0.1, -0.05) is 36.4 Å².